The Bertz CT molecular complexity index is 526. The Hall–Kier alpha value is -1.55. The number of hydrazone groups is 1. The maximum atomic E-state index is 11.5. The van der Waals surface area contributed by atoms with Gasteiger partial charge in [-0.05, 0) is 24.1 Å². The van der Waals surface area contributed by atoms with Crippen LogP contribution in [0.2, 0.25) is 5.02 Å². The van der Waals surface area contributed by atoms with Crippen molar-refractivity contribution in [2.75, 3.05) is 13.1 Å². The Morgan fingerprint density at radius 1 is 1.42 bits per heavy atom. The average molecular weight is 278 g/mol. The lowest BCUT2D eigenvalue weighted by Gasteiger charge is -2.34. The fourth-order valence-corrected chi connectivity index (χ4v) is 2.93. The van der Waals surface area contributed by atoms with E-state index in [0.29, 0.717) is 6.04 Å². The zero-order valence-corrected chi connectivity index (χ0v) is 11.5. The van der Waals surface area contributed by atoms with Crippen LogP contribution in [-0.2, 0) is 4.79 Å². The molecule has 0 bridgehead atoms. The van der Waals surface area contributed by atoms with Crippen molar-refractivity contribution in [3.63, 3.8) is 0 Å². The molecular weight excluding hydrogens is 262 g/mol. The maximum absolute atomic E-state index is 11.5. The van der Waals surface area contributed by atoms with Gasteiger partial charge in [-0.15, -0.1) is 0 Å². The second-order valence-electron chi connectivity index (χ2n) is 5.10. The van der Waals surface area contributed by atoms with Crippen LogP contribution in [0.5, 0.6) is 0 Å². The summed E-state index contributed by atoms with van der Waals surface area (Å²) in [6, 6.07) is 8.06. The van der Waals surface area contributed by atoms with Crippen LogP contribution in [0.4, 0.5) is 0 Å². The van der Waals surface area contributed by atoms with Gasteiger partial charge in [0.2, 0.25) is 5.91 Å². The van der Waals surface area contributed by atoms with Crippen molar-refractivity contribution in [1.29, 1.82) is 0 Å². The molecule has 100 valence electrons. The van der Waals surface area contributed by atoms with E-state index in [0.717, 1.165) is 35.8 Å². The largest absolute Gasteiger partial charge is 0.342 e. The minimum absolute atomic E-state index is 0.140. The molecule has 0 aromatic heterocycles. The third-order valence-corrected chi connectivity index (χ3v) is 4.15. The molecule has 2 heterocycles. The number of nitrogens with one attached hydrogen (secondary N) is 1. The summed E-state index contributed by atoms with van der Waals surface area (Å²) in [5, 5.41) is 5.18. The van der Waals surface area contributed by atoms with Crippen molar-refractivity contribution in [2.24, 2.45) is 11.0 Å². The minimum Gasteiger partial charge on any atom is -0.342 e. The van der Waals surface area contributed by atoms with Crippen molar-refractivity contribution >= 4 is 23.2 Å². The van der Waals surface area contributed by atoms with E-state index >= 15 is 0 Å². The van der Waals surface area contributed by atoms with Gasteiger partial charge in [0.25, 0.3) is 0 Å². The lowest BCUT2D eigenvalue weighted by Crippen LogP contribution is -2.48. The number of carbonyl (C=O) groups is 1. The number of hydrogen-bond donors (Lipinski definition) is 1. The number of carbonyl (C=O) groups excluding carboxylic acids is 1. The highest BCUT2D eigenvalue weighted by Crippen LogP contribution is 2.26. The molecule has 4 nitrogen and oxygen atoms in total. The Morgan fingerprint density at radius 2 is 2.16 bits per heavy atom. The van der Waals surface area contributed by atoms with E-state index in [2.05, 4.69) is 10.5 Å². The summed E-state index contributed by atoms with van der Waals surface area (Å²) in [5.41, 5.74) is 5.31. The van der Waals surface area contributed by atoms with Crippen LogP contribution in [0.25, 0.3) is 0 Å². The number of hydrogen-bond acceptors (Lipinski definition) is 3. The van der Waals surface area contributed by atoms with Crippen molar-refractivity contribution in [3.05, 3.63) is 34.9 Å². The first kappa shape index (κ1) is 12.5. The molecule has 1 aromatic carbocycles. The molecule has 0 aliphatic carbocycles. The first-order valence-corrected chi connectivity index (χ1v) is 6.87. The minimum atomic E-state index is 0.140. The number of benzene rings is 1. The van der Waals surface area contributed by atoms with Crippen LogP contribution < -0.4 is 5.43 Å². The SMILES string of the molecule is CC(=O)N1CCC2NN=C(c3ccc(Cl)cc3)C2C1. The summed E-state index contributed by atoms with van der Waals surface area (Å²) in [7, 11) is 0. The summed E-state index contributed by atoms with van der Waals surface area (Å²) in [5.74, 6) is 0.416. The number of fused-ring (bicyclic) bond motifs is 1. The van der Waals surface area contributed by atoms with Gasteiger partial charge in [0.1, 0.15) is 0 Å². The number of nitrogens with zero attached hydrogens (tertiary/aromatic N) is 2. The molecule has 1 aromatic rings. The second-order valence-corrected chi connectivity index (χ2v) is 5.54. The smallest absolute Gasteiger partial charge is 0.219 e. The Labute approximate surface area is 117 Å². The van der Waals surface area contributed by atoms with E-state index in [1.807, 2.05) is 29.2 Å². The molecular formula is C14H16ClN3O. The van der Waals surface area contributed by atoms with Gasteiger partial charge in [-0.2, -0.15) is 5.10 Å². The molecule has 2 aliphatic heterocycles. The zero-order chi connectivity index (χ0) is 13.4. The maximum Gasteiger partial charge on any atom is 0.219 e. The van der Waals surface area contributed by atoms with Gasteiger partial charge in [-0.25, -0.2) is 0 Å². The van der Waals surface area contributed by atoms with Crippen LogP contribution in [0.1, 0.15) is 18.9 Å². The average Bonchev–Trinajstić information content (AvgIpc) is 2.82. The molecule has 2 atom stereocenters. The number of amides is 1. The molecule has 1 saturated heterocycles. The van der Waals surface area contributed by atoms with Crippen LogP contribution in [0.3, 0.4) is 0 Å². The molecule has 5 heteroatoms. The van der Waals surface area contributed by atoms with Gasteiger partial charge < -0.3 is 10.3 Å². The molecule has 0 radical (unpaired) electrons. The highest BCUT2D eigenvalue weighted by Gasteiger charge is 2.37. The summed E-state index contributed by atoms with van der Waals surface area (Å²) in [6.07, 6.45) is 0.949. The second kappa shape index (κ2) is 4.85. The summed E-state index contributed by atoms with van der Waals surface area (Å²) < 4.78 is 0. The van der Waals surface area contributed by atoms with E-state index in [4.69, 9.17) is 11.6 Å². The Balaban J connectivity index is 1.83. The number of piperidine rings is 1. The quantitative estimate of drug-likeness (QED) is 0.852. The van der Waals surface area contributed by atoms with Gasteiger partial charge >= 0.3 is 0 Å². The lowest BCUT2D eigenvalue weighted by atomic mass is 9.86. The van der Waals surface area contributed by atoms with E-state index < -0.39 is 0 Å². The Morgan fingerprint density at radius 3 is 2.84 bits per heavy atom. The number of rotatable bonds is 1. The summed E-state index contributed by atoms with van der Waals surface area (Å²) in [4.78, 5) is 13.4. The predicted molar refractivity (Wildman–Crippen MR) is 75.3 cm³/mol. The van der Waals surface area contributed by atoms with E-state index in [-0.39, 0.29) is 11.8 Å². The van der Waals surface area contributed by atoms with Crippen LogP contribution in [-0.4, -0.2) is 35.7 Å². The number of halogens is 1. The van der Waals surface area contributed by atoms with Gasteiger partial charge in [0.15, 0.2) is 0 Å². The molecule has 2 aliphatic rings. The van der Waals surface area contributed by atoms with Gasteiger partial charge in [0, 0.05) is 31.0 Å². The molecule has 1 N–H and O–H groups in total. The predicted octanol–water partition coefficient (Wildman–Crippen LogP) is 1.88. The fraction of sp³-hybridized carbons (Fsp3) is 0.429. The first-order chi connectivity index (χ1) is 9.15. The number of likely N-dealkylation sites (tertiary alicyclic amines) is 1. The molecule has 1 fully saturated rings. The lowest BCUT2D eigenvalue weighted by molar-refractivity contribution is -0.130. The standard InChI is InChI=1S/C14H16ClN3O/c1-9(19)18-7-6-13-12(8-18)14(17-16-13)10-2-4-11(15)5-3-10/h2-5,12-13,16H,6-8H2,1H3. The molecule has 1 amide bonds. The third kappa shape index (κ3) is 2.32. The molecule has 0 saturated carbocycles. The van der Waals surface area contributed by atoms with E-state index in [1.54, 1.807) is 6.92 Å². The van der Waals surface area contributed by atoms with E-state index in [9.17, 15) is 4.79 Å². The van der Waals surface area contributed by atoms with Crippen molar-refractivity contribution in [3.8, 4) is 0 Å². The van der Waals surface area contributed by atoms with Gasteiger partial charge in [0.05, 0.1) is 11.8 Å². The van der Waals surface area contributed by atoms with Crippen molar-refractivity contribution in [2.45, 2.75) is 19.4 Å². The molecule has 3 rings (SSSR count). The Kier molecular flexibility index (Phi) is 3.19. The van der Waals surface area contributed by atoms with Crippen molar-refractivity contribution in [1.82, 2.24) is 10.3 Å². The molecule has 2 unspecified atom stereocenters. The van der Waals surface area contributed by atoms with E-state index in [1.165, 1.54) is 0 Å². The zero-order valence-electron chi connectivity index (χ0n) is 10.8. The monoisotopic (exact) mass is 277 g/mol. The van der Waals surface area contributed by atoms with Crippen LogP contribution >= 0.6 is 11.6 Å². The summed E-state index contributed by atoms with van der Waals surface area (Å²) >= 11 is 5.91. The molecule has 19 heavy (non-hydrogen) atoms. The fourth-order valence-electron chi connectivity index (χ4n) is 2.80. The topological polar surface area (TPSA) is 44.7 Å². The summed E-state index contributed by atoms with van der Waals surface area (Å²) in [6.45, 7) is 3.18. The molecule has 0 spiro atoms. The first-order valence-electron chi connectivity index (χ1n) is 6.49. The van der Waals surface area contributed by atoms with Crippen LogP contribution in [0.15, 0.2) is 29.4 Å². The van der Waals surface area contributed by atoms with Gasteiger partial charge in [-0.1, -0.05) is 23.7 Å². The highest BCUT2D eigenvalue weighted by molar-refractivity contribution is 6.30. The normalized spacial score (nSPS) is 25.6. The van der Waals surface area contributed by atoms with Crippen molar-refractivity contribution < 1.29 is 4.79 Å². The van der Waals surface area contributed by atoms with Crippen LogP contribution in [0, 0.1) is 5.92 Å². The van der Waals surface area contributed by atoms with Gasteiger partial charge in [-0.3, -0.25) is 4.79 Å². The third-order valence-electron chi connectivity index (χ3n) is 3.90. The highest BCUT2D eigenvalue weighted by atomic mass is 35.5.